The van der Waals surface area contributed by atoms with E-state index in [4.69, 9.17) is 10.2 Å². The second kappa shape index (κ2) is 4.65. The van der Waals surface area contributed by atoms with Crippen molar-refractivity contribution in [1.29, 1.82) is 0 Å². The smallest absolute Gasteiger partial charge is 0.255 e. The van der Waals surface area contributed by atoms with Crippen LogP contribution in [0.15, 0.2) is 51.9 Å². The lowest BCUT2D eigenvalue weighted by Gasteiger charge is -2.01. The first kappa shape index (κ1) is 11.1. The highest BCUT2D eigenvalue weighted by Gasteiger charge is 2.08. The Hall–Kier alpha value is -2.36. The van der Waals surface area contributed by atoms with Crippen LogP contribution < -0.4 is 11.2 Å². The van der Waals surface area contributed by atoms with Gasteiger partial charge < -0.3 is 10.2 Å². The van der Waals surface area contributed by atoms with E-state index in [1.54, 1.807) is 0 Å². The second-order valence-corrected chi connectivity index (χ2v) is 3.65. The summed E-state index contributed by atoms with van der Waals surface area (Å²) in [5.41, 5.74) is 5.52. The summed E-state index contributed by atoms with van der Waals surface area (Å²) in [6.45, 7) is 0. The molecule has 0 aliphatic heterocycles. The number of amides is 1. The zero-order chi connectivity index (χ0) is 12.3. The Kier molecular flexibility index (Phi) is 3.05. The highest BCUT2D eigenvalue weighted by molar-refractivity contribution is 5.92. The van der Waals surface area contributed by atoms with E-state index in [2.05, 4.69) is 0 Å². The molecule has 0 aliphatic carbocycles. The van der Waals surface area contributed by atoms with Crippen molar-refractivity contribution in [3.63, 3.8) is 0 Å². The molecule has 2 aromatic rings. The molecule has 2 rings (SSSR count). The molecule has 17 heavy (non-hydrogen) atoms. The monoisotopic (exact) mass is 229 g/mol. The van der Waals surface area contributed by atoms with Gasteiger partial charge in [0, 0.05) is 12.5 Å². The molecule has 1 amide bonds. The SMILES string of the molecule is NC(=O)c1coc(Cc2ccccc2)cc1=O. The lowest BCUT2D eigenvalue weighted by Crippen LogP contribution is -2.21. The maximum atomic E-state index is 11.5. The molecule has 0 spiro atoms. The molecule has 1 aromatic heterocycles. The van der Waals surface area contributed by atoms with Crippen molar-refractivity contribution in [2.45, 2.75) is 6.42 Å². The molecule has 0 atom stereocenters. The number of benzene rings is 1. The van der Waals surface area contributed by atoms with Gasteiger partial charge in [-0.25, -0.2) is 0 Å². The van der Waals surface area contributed by atoms with Crippen LogP contribution in [0, 0.1) is 0 Å². The van der Waals surface area contributed by atoms with Gasteiger partial charge in [-0.3, -0.25) is 9.59 Å². The maximum Gasteiger partial charge on any atom is 0.255 e. The minimum atomic E-state index is -0.773. The molecular weight excluding hydrogens is 218 g/mol. The quantitative estimate of drug-likeness (QED) is 0.862. The average Bonchev–Trinajstić information content (AvgIpc) is 2.30. The van der Waals surface area contributed by atoms with E-state index in [1.165, 1.54) is 6.07 Å². The fourth-order valence-corrected chi connectivity index (χ4v) is 1.52. The van der Waals surface area contributed by atoms with Gasteiger partial charge in [0.1, 0.15) is 17.6 Å². The first-order valence-corrected chi connectivity index (χ1v) is 5.12. The van der Waals surface area contributed by atoms with Gasteiger partial charge in [-0.05, 0) is 5.56 Å². The molecule has 0 aliphatic rings. The Morgan fingerprint density at radius 2 is 1.94 bits per heavy atom. The Balaban J connectivity index is 2.27. The summed E-state index contributed by atoms with van der Waals surface area (Å²) in [5, 5.41) is 0. The molecule has 0 radical (unpaired) electrons. The highest BCUT2D eigenvalue weighted by Crippen LogP contribution is 2.07. The number of carbonyl (C=O) groups excluding carboxylic acids is 1. The van der Waals surface area contributed by atoms with E-state index < -0.39 is 11.3 Å². The van der Waals surface area contributed by atoms with Gasteiger partial charge in [-0.1, -0.05) is 30.3 Å². The lowest BCUT2D eigenvalue weighted by atomic mass is 10.1. The largest absolute Gasteiger partial charge is 0.468 e. The molecule has 1 heterocycles. The van der Waals surface area contributed by atoms with Crippen molar-refractivity contribution in [2.75, 3.05) is 0 Å². The van der Waals surface area contributed by atoms with Crippen LogP contribution in [-0.2, 0) is 6.42 Å². The standard InChI is InChI=1S/C13H11NO3/c14-13(16)11-8-17-10(7-12(11)15)6-9-4-2-1-3-5-9/h1-5,7-8H,6H2,(H2,14,16). The number of rotatable bonds is 3. The zero-order valence-electron chi connectivity index (χ0n) is 9.05. The van der Waals surface area contributed by atoms with E-state index in [9.17, 15) is 9.59 Å². The molecule has 4 heteroatoms. The van der Waals surface area contributed by atoms with Crippen LogP contribution >= 0.6 is 0 Å². The molecule has 0 unspecified atom stereocenters. The predicted molar refractivity (Wildman–Crippen MR) is 62.7 cm³/mol. The van der Waals surface area contributed by atoms with Gasteiger partial charge in [0.2, 0.25) is 0 Å². The van der Waals surface area contributed by atoms with Gasteiger partial charge in [0.05, 0.1) is 0 Å². The predicted octanol–water partition coefficient (Wildman–Crippen LogP) is 1.33. The minimum Gasteiger partial charge on any atom is -0.468 e. The summed E-state index contributed by atoms with van der Waals surface area (Å²) < 4.78 is 5.20. The number of primary amides is 1. The molecule has 86 valence electrons. The van der Waals surface area contributed by atoms with Gasteiger partial charge >= 0.3 is 0 Å². The van der Waals surface area contributed by atoms with Crippen molar-refractivity contribution in [3.8, 4) is 0 Å². The van der Waals surface area contributed by atoms with Gasteiger partial charge in [0.15, 0.2) is 5.43 Å². The van der Waals surface area contributed by atoms with E-state index in [0.717, 1.165) is 11.8 Å². The van der Waals surface area contributed by atoms with Crippen LogP contribution in [0.5, 0.6) is 0 Å². The van der Waals surface area contributed by atoms with Crippen molar-refractivity contribution in [1.82, 2.24) is 0 Å². The minimum absolute atomic E-state index is 0.123. The third-order valence-electron chi connectivity index (χ3n) is 2.37. The number of nitrogens with two attached hydrogens (primary N) is 1. The lowest BCUT2D eigenvalue weighted by molar-refractivity contribution is 0.0997. The number of carbonyl (C=O) groups is 1. The van der Waals surface area contributed by atoms with Crippen molar-refractivity contribution in [2.24, 2.45) is 5.73 Å². The van der Waals surface area contributed by atoms with Crippen LogP contribution in [-0.4, -0.2) is 5.91 Å². The molecule has 1 aromatic carbocycles. The van der Waals surface area contributed by atoms with E-state index in [1.807, 2.05) is 30.3 Å². The average molecular weight is 229 g/mol. The van der Waals surface area contributed by atoms with Crippen LogP contribution in [0.1, 0.15) is 21.7 Å². The highest BCUT2D eigenvalue weighted by atomic mass is 16.3. The molecule has 4 nitrogen and oxygen atoms in total. The summed E-state index contributed by atoms with van der Waals surface area (Å²) in [6.07, 6.45) is 1.62. The Bertz CT molecular complexity index is 587. The zero-order valence-corrected chi connectivity index (χ0v) is 9.05. The number of hydrogen-bond acceptors (Lipinski definition) is 3. The first-order chi connectivity index (χ1) is 8.16. The summed E-state index contributed by atoms with van der Waals surface area (Å²) in [7, 11) is 0. The maximum absolute atomic E-state index is 11.5. The van der Waals surface area contributed by atoms with Crippen LogP contribution in [0.25, 0.3) is 0 Å². The fourth-order valence-electron chi connectivity index (χ4n) is 1.52. The molecule has 0 fully saturated rings. The van der Waals surface area contributed by atoms with Crippen molar-refractivity contribution in [3.05, 3.63) is 69.8 Å². The summed E-state index contributed by atoms with van der Waals surface area (Å²) in [4.78, 5) is 22.4. The van der Waals surface area contributed by atoms with Crippen LogP contribution in [0.3, 0.4) is 0 Å². The summed E-state index contributed by atoms with van der Waals surface area (Å²) >= 11 is 0. The molecule has 2 N–H and O–H groups in total. The van der Waals surface area contributed by atoms with Crippen LogP contribution in [0.4, 0.5) is 0 Å². The normalized spacial score (nSPS) is 10.1. The number of hydrogen-bond donors (Lipinski definition) is 1. The van der Waals surface area contributed by atoms with Crippen molar-refractivity contribution >= 4 is 5.91 Å². The summed E-state index contributed by atoms with van der Waals surface area (Å²) in [6, 6.07) is 10.9. The Morgan fingerprint density at radius 1 is 1.24 bits per heavy atom. The fraction of sp³-hybridized carbons (Fsp3) is 0.0769. The Labute approximate surface area is 97.7 Å². The van der Waals surface area contributed by atoms with Crippen LogP contribution in [0.2, 0.25) is 0 Å². The summed E-state index contributed by atoms with van der Waals surface area (Å²) in [5.74, 6) is -0.267. The van der Waals surface area contributed by atoms with Crippen molar-refractivity contribution < 1.29 is 9.21 Å². The first-order valence-electron chi connectivity index (χ1n) is 5.12. The van der Waals surface area contributed by atoms with Gasteiger partial charge in [-0.15, -0.1) is 0 Å². The van der Waals surface area contributed by atoms with E-state index in [0.29, 0.717) is 12.2 Å². The van der Waals surface area contributed by atoms with E-state index >= 15 is 0 Å². The van der Waals surface area contributed by atoms with Gasteiger partial charge in [0.25, 0.3) is 5.91 Å². The Morgan fingerprint density at radius 3 is 2.53 bits per heavy atom. The second-order valence-electron chi connectivity index (χ2n) is 3.65. The molecule has 0 saturated carbocycles. The molecule has 0 saturated heterocycles. The van der Waals surface area contributed by atoms with E-state index in [-0.39, 0.29) is 5.56 Å². The topological polar surface area (TPSA) is 73.3 Å². The third-order valence-corrected chi connectivity index (χ3v) is 2.37. The molecule has 0 bridgehead atoms. The molecular formula is C13H11NO3. The third kappa shape index (κ3) is 2.60. The van der Waals surface area contributed by atoms with Gasteiger partial charge in [-0.2, -0.15) is 0 Å².